The molecule has 3 atom stereocenters. The Labute approximate surface area is 128 Å². The van der Waals surface area contributed by atoms with E-state index in [0.717, 1.165) is 13.1 Å². The van der Waals surface area contributed by atoms with Gasteiger partial charge in [0.05, 0.1) is 6.04 Å². The zero-order valence-corrected chi connectivity index (χ0v) is 13.7. The maximum atomic E-state index is 12.3. The van der Waals surface area contributed by atoms with Crippen LogP contribution in [0.1, 0.15) is 33.6 Å². The van der Waals surface area contributed by atoms with Crippen LogP contribution in [0.25, 0.3) is 0 Å². The van der Waals surface area contributed by atoms with Gasteiger partial charge >= 0.3 is 0 Å². The first-order valence-corrected chi connectivity index (χ1v) is 6.80. The van der Waals surface area contributed by atoms with Crippen molar-refractivity contribution in [3.8, 4) is 0 Å². The molecule has 0 aromatic carbocycles. The monoisotopic (exact) mass is 311 g/mol. The number of carbonyl (C=O) groups excluding carboxylic acids is 1. The lowest BCUT2D eigenvalue weighted by molar-refractivity contribution is -0.139. The first-order chi connectivity index (χ1) is 8.00. The number of hydrogen-bond donors (Lipinski definition) is 1. The highest BCUT2D eigenvalue weighted by molar-refractivity contribution is 5.85. The number of fused-ring (bicyclic) bond motifs is 1. The van der Waals surface area contributed by atoms with Gasteiger partial charge in [-0.25, -0.2) is 0 Å². The van der Waals surface area contributed by atoms with Gasteiger partial charge in [0.25, 0.3) is 0 Å². The third-order valence-electron chi connectivity index (χ3n) is 4.22. The summed E-state index contributed by atoms with van der Waals surface area (Å²) in [6.07, 6.45) is 2.50. The molecule has 3 unspecified atom stereocenters. The number of halogens is 2. The molecule has 4 nitrogen and oxygen atoms in total. The summed E-state index contributed by atoms with van der Waals surface area (Å²) < 4.78 is 0. The van der Waals surface area contributed by atoms with E-state index in [1.54, 1.807) is 0 Å². The molecule has 2 saturated heterocycles. The van der Waals surface area contributed by atoms with Crippen molar-refractivity contribution < 1.29 is 4.79 Å². The molecule has 0 aromatic rings. The number of rotatable bonds is 2. The molecule has 2 fully saturated rings. The van der Waals surface area contributed by atoms with Gasteiger partial charge in [-0.1, -0.05) is 13.8 Å². The summed E-state index contributed by atoms with van der Waals surface area (Å²) in [6, 6.07) is 0.543. The largest absolute Gasteiger partial charge is 0.336 e. The molecule has 0 aliphatic carbocycles. The van der Waals surface area contributed by atoms with Crippen LogP contribution in [0.15, 0.2) is 0 Å². The number of carbonyl (C=O) groups is 1. The van der Waals surface area contributed by atoms with Crippen molar-refractivity contribution in [3.05, 3.63) is 0 Å². The summed E-state index contributed by atoms with van der Waals surface area (Å²) in [6.45, 7) is 9.26. The highest BCUT2D eigenvalue weighted by atomic mass is 35.5. The topological polar surface area (TPSA) is 49.6 Å². The molecule has 2 heterocycles. The van der Waals surface area contributed by atoms with Gasteiger partial charge in [0.15, 0.2) is 0 Å². The summed E-state index contributed by atoms with van der Waals surface area (Å²) in [4.78, 5) is 16.9. The van der Waals surface area contributed by atoms with Crippen LogP contribution in [-0.2, 0) is 4.79 Å². The van der Waals surface area contributed by atoms with E-state index in [-0.39, 0.29) is 42.7 Å². The molecule has 1 amide bonds. The standard InChI is InChI=1S/C13H25N3O.2ClH/c1-9(2)12(14)13(17)16-8-11-5-4-6-15(11)7-10(16)3;;/h9-12H,4-8,14H2,1-3H3;2*1H. The third kappa shape index (κ3) is 3.97. The fourth-order valence-electron chi connectivity index (χ4n) is 2.97. The van der Waals surface area contributed by atoms with Crippen LogP contribution in [0.2, 0.25) is 0 Å². The normalized spacial score (nSPS) is 28.4. The van der Waals surface area contributed by atoms with Crippen LogP contribution in [0.3, 0.4) is 0 Å². The summed E-state index contributed by atoms with van der Waals surface area (Å²) in [5.74, 6) is 0.357. The number of nitrogens with zero attached hydrogens (tertiary/aromatic N) is 2. The van der Waals surface area contributed by atoms with Crippen molar-refractivity contribution in [2.45, 2.75) is 51.7 Å². The molecule has 2 aliphatic heterocycles. The first kappa shape index (κ1) is 19.0. The molecule has 2 N–H and O–H groups in total. The quantitative estimate of drug-likeness (QED) is 0.841. The fraction of sp³-hybridized carbons (Fsp3) is 0.923. The predicted molar refractivity (Wildman–Crippen MR) is 83.1 cm³/mol. The fourth-order valence-corrected chi connectivity index (χ4v) is 2.97. The van der Waals surface area contributed by atoms with Crippen LogP contribution < -0.4 is 5.73 Å². The van der Waals surface area contributed by atoms with Crippen LogP contribution in [0.4, 0.5) is 0 Å². The third-order valence-corrected chi connectivity index (χ3v) is 4.22. The number of piperazine rings is 1. The van der Waals surface area contributed by atoms with E-state index in [4.69, 9.17) is 5.73 Å². The van der Waals surface area contributed by atoms with Gasteiger partial charge in [-0.15, -0.1) is 24.8 Å². The van der Waals surface area contributed by atoms with Crippen molar-refractivity contribution in [2.75, 3.05) is 19.6 Å². The van der Waals surface area contributed by atoms with Crippen molar-refractivity contribution in [3.63, 3.8) is 0 Å². The highest BCUT2D eigenvalue weighted by Crippen LogP contribution is 2.25. The second-order valence-corrected chi connectivity index (χ2v) is 5.90. The highest BCUT2D eigenvalue weighted by Gasteiger charge is 2.38. The molecule has 114 valence electrons. The number of nitrogens with two attached hydrogens (primary N) is 1. The van der Waals surface area contributed by atoms with Gasteiger partial charge in [0.2, 0.25) is 5.91 Å². The lowest BCUT2D eigenvalue weighted by atomic mass is 10.0. The summed E-state index contributed by atoms with van der Waals surface area (Å²) in [5, 5.41) is 0. The second-order valence-electron chi connectivity index (χ2n) is 5.90. The SMILES string of the molecule is CC(C)C(N)C(=O)N1CC2CCCN2CC1C.Cl.Cl. The molecular formula is C13H27Cl2N3O. The van der Waals surface area contributed by atoms with E-state index < -0.39 is 0 Å². The Morgan fingerprint density at radius 2 is 1.89 bits per heavy atom. The van der Waals surface area contributed by atoms with Crippen LogP contribution in [-0.4, -0.2) is 53.5 Å². The summed E-state index contributed by atoms with van der Waals surface area (Å²) in [7, 11) is 0. The smallest absolute Gasteiger partial charge is 0.240 e. The maximum Gasteiger partial charge on any atom is 0.240 e. The Hall–Kier alpha value is -0.0300. The van der Waals surface area contributed by atoms with Crippen LogP contribution >= 0.6 is 24.8 Å². The molecule has 0 spiro atoms. The Kier molecular flexibility index (Phi) is 7.66. The molecule has 0 aromatic heterocycles. The Balaban J connectivity index is 0.00000162. The van der Waals surface area contributed by atoms with E-state index in [2.05, 4.69) is 11.8 Å². The van der Waals surface area contributed by atoms with E-state index in [1.807, 2.05) is 18.7 Å². The maximum absolute atomic E-state index is 12.3. The molecular weight excluding hydrogens is 285 g/mol. The average molecular weight is 312 g/mol. The lowest BCUT2D eigenvalue weighted by Gasteiger charge is -2.43. The molecule has 2 rings (SSSR count). The van der Waals surface area contributed by atoms with E-state index in [9.17, 15) is 4.79 Å². The van der Waals surface area contributed by atoms with E-state index >= 15 is 0 Å². The number of hydrogen-bond acceptors (Lipinski definition) is 3. The molecule has 19 heavy (non-hydrogen) atoms. The molecule has 0 radical (unpaired) electrons. The van der Waals surface area contributed by atoms with Crippen molar-refractivity contribution in [2.24, 2.45) is 11.7 Å². The van der Waals surface area contributed by atoms with Crippen LogP contribution in [0, 0.1) is 5.92 Å². The summed E-state index contributed by atoms with van der Waals surface area (Å²) >= 11 is 0. The molecule has 6 heteroatoms. The Morgan fingerprint density at radius 3 is 2.47 bits per heavy atom. The zero-order chi connectivity index (χ0) is 12.6. The second kappa shape index (κ2) is 7.67. The van der Waals surface area contributed by atoms with Crippen molar-refractivity contribution in [1.82, 2.24) is 9.80 Å². The molecule has 0 bridgehead atoms. The minimum absolute atomic E-state index is 0. The van der Waals surface area contributed by atoms with E-state index in [1.165, 1.54) is 19.4 Å². The Bertz CT molecular complexity index is 302. The minimum atomic E-state index is -0.342. The van der Waals surface area contributed by atoms with Gasteiger partial charge in [-0.2, -0.15) is 0 Å². The first-order valence-electron chi connectivity index (χ1n) is 6.80. The van der Waals surface area contributed by atoms with Gasteiger partial charge in [-0.05, 0) is 32.2 Å². The van der Waals surface area contributed by atoms with Gasteiger partial charge < -0.3 is 10.6 Å². The predicted octanol–water partition coefficient (Wildman–Crippen LogP) is 1.51. The van der Waals surface area contributed by atoms with Gasteiger partial charge in [0, 0.05) is 25.2 Å². The molecule has 2 aliphatic rings. The van der Waals surface area contributed by atoms with Crippen molar-refractivity contribution in [1.29, 1.82) is 0 Å². The van der Waals surface area contributed by atoms with Crippen LogP contribution in [0.5, 0.6) is 0 Å². The zero-order valence-electron chi connectivity index (χ0n) is 12.0. The summed E-state index contributed by atoms with van der Waals surface area (Å²) in [5.41, 5.74) is 5.99. The Morgan fingerprint density at radius 1 is 1.26 bits per heavy atom. The number of amides is 1. The minimum Gasteiger partial charge on any atom is -0.336 e. The van der Waals surface area contributed by atoms with Gasteiger partial charge in [-0.3, -0.25) is 9.69 Å². The van der Waals surface area contributed by atoms with E-state index in [0.29, 0.717) is 12.1 Å². The molecule has 0 saturated carbocycles. The average Bonchev–Trinajstić information content (AvgIpc) is 2.72. The van der Waals surface area contributed by atoms with Gasteiger partial charge in [0.1, 0.15) is 0 Å². The van der Waals surface area contributed by atoms with Crippen molar-refractivity contribution >= 4 is 30.7 Å². The lowest BCUT2D eigenvalue weighted by Crippen LogP contribution is -2.60.